The molecule has 90 valence electrons. The fourth-order valence-corrected chi connectivity index (χ4v) is 2.99. The van der Waals surface area contributed by atoms with Gasteiger partial charge in [0.25, 0.3) is 0 Å². The summed E-state index contributed by atoms with van der Waals surface area (Å²) >= 11 is 0. The number of carboxylic acid groups (broad SMARTS) is 1. The van der Waals surface area contributed by atoms with Crippen molar-refractivity contribution in [3.8, 4) is 0 Å². The third kappa shape index (κ3) is 4.61. The fraction of sp³-hybridized carbons (Fsp3) is 0.889. The molecular formula is C9H19NO4S. The van der Waals surface area contributed by atoms with E-state index in [1.807, 2.05) is 20.8 Å². The molecule has 0 atom stereocenters. The summed E-state index contributed by atoms with van der Waals surface area (Å²) in [6, 6.07) is 0. The van der Waals surface area contributed by atoms with E-state index in [0.29, 0.717) is 19.3 Å². The number of nitrogens with one attached hydrogen (secondary N) is 1. The van der Waals surface area contributed by atoms with Gasteiger partial charge >= 0.3 is 5.97 Å². The van der Waals surface area contributed by atoms with Crippen molar-refractivity contribution in [2.75, 3.05) is 5.75 Å². The summed E-state index contributed by atoms with van der Waals surface area (Å²) in [7, 11) is -3.72. The normalized spacial score (nSPS) is 12.7. The summed E-state index contributed by atoms with van der Waals surface area (Å²) in [6.45, 7) is 5.66. The maximum absolute atomic E-state index is 11.4. The van der Waals surface area contributed by atoms with E-state index in [2.05, 4.69) is 4.72 Å². The lowest BCUT2D eigenvalue weighted by Gasteiger charge is -2.30. The van der Waals surface area contributed by atoms with Crippen molar-refractivity contribution >= 4 is 16.0 Å². The van der Waals surface area contributed by atoms with Crippen LogP contribution >= 0.6 is 0 Å². The third-order valence-electron chi connectivity index (χ3n) is 2.72. The lowest BCUT2D eigenvalue weighted by atomic mass is 9.91. The first-order valence-electron chi connectivity index (χ1n) is 5.04. The van der Waals surface area contributed by atoms with Gasteiger partial charge in [-0.1, -0.05) is 20.8 Å². The fourth-order valence-electron chi connectivity index (χ4n) is 1.50. The molecule has 0 aromatic carbocycles. The van der Waals surface area contributed by atoms with Gasteiger partial charge in [0.1, 0.15) is 0 Å². The Balaban J connectivity index is 4.74. The van der Waals surface area contributed by atoms with Gasteiger partial charge in [0.05, 0.1) is 0 Å². The van der Waals surface area contributed by atoms with Crippen LogP contribution < -0.4 is 4.72 Å². The summed E-state index contributed by atoms with van der Waals surface area (Å²) in [5.41, 5.74) is -0.506. The van der Waals surface area contributed by atoms with Gasteiger partial charge in [-0.2, -0.15) is 0 Å². The minimum atomic E-state index is -3.72. The molecule has 0 aliphatic carbocycles. The Bertz CT molecular complexity index is 298. The summed E-state index contributed by atoms with van der Waals surface area (Å²) in [5, 5.41) is 8.44. The molecular weight excluding hydrogens is 218 g/mol. The van der Waals surface area contributed by atoms with Crippen molar-refractivity contribution in [2.24, 2.45) is 0 Å². The summed E-state index contributed by atoms with van der Waals surface area (Å²) in [4.78, 5) is 10.3. The third-order valence-corrected chi connectivity index (χ3v) is 4.09. The van der Waals surface area contributed by atoms with Gasteiger partial charge in [0.15, 0.2) is 5.75 Å². The second kappa shape index (κ2) is 5.46. The molecule has 5 nitrogen and oxygen atoms in total. The molecule has 0 aromatic rings. The molecule has 0 unspecified atom stereocenters. The van der Waals surface area contributed by atoms with Crippen molar-refractivity contribution in [3.63, 3.8) is 0 Å². The zero-order chi connectivity index (χ0) is 12.1. The quantitative estimate of drug-likeness (QED) is 0.690. The molecule has 0 saturated carbocycles. The molecule has 0 bridgehead atoms. The monoisotopic (exact) mass is 237 g/mol. The Morgan fingerprint density at radius 2 is 1.60 bits per heavy atom. The predicted molar refractivity (Wildman–Crippen MR) is 58.2 cm³/mol. The van der Waals surface area contributed by atoms with Gasteiger partial charge in [0.2, 0.25) is 10.0 Å². The van der Waals surface area contributed by atoms with Crippen LogP contribution in [0.5, 0.6) is 0 Å². The van der Waals surface area contributed by atoms with Crippen LogP contribution in [0.4, 0.5) is 0 Å². The van der Waals surface area contributed by atoms with Crippen molar-refractivity contribution in [1.82, 2.24) is 4.72 Å². The summed E-state index contributed by atoms with van der Waals surface area (Å²) < 4.78 is 25.4. The van der Waals surface area contributed by atoms with Gasteiger partial charge in [-0.05, 0) is 19.3 Å². The van der Waals surface area contributed by atoms with E-state index in [4.69, 9.17) is 5.11 Å². The Labute approximate surface area is 90.9 Å². The van der Waals surface area contributed by atoms with Gasteiger partial charge in [-0.15, -0.1) is 0 Å². The number of sulfonamides is 1. The largest absolute Gasteiger partial charge is 0.480 e. The smallest absolute Gasteiger partial charge is 0.320 e. The van der Waals surface area contributed by atoms with Crippen LogP contribution in [0.1, 0.15) is 40.0 Å². The maximum atomic E-state index is 11.4. The first-order chi connectivity index (χ1) is 6.81. The van der Waals surface area contributed by atoms with Gasteiger partial charge < -0.3 is 5.11 Å². The van der Waals surface area contributed by atoms with Gasteiger partial charge in [-0.3, -0.25) is 4.79 Å². The molecule has 0 radical (unpaired) electrons. The van der Waals surface area contributed by atoms with Gasteiger partial charge in [-0.25, -0.2) is 13.1 Å². The van der Waals surface area contributed by atoms with Crippen molar-refractivity contribution in [2.45, 2.75) is 45.6 Å². The number of hydrogen-bond donors (Lipinski definition) is 2. The average molecular weight is 237 g/mol. The Morgan fingerprint density at radius 1 is 1.20 bits per heavy atom. The van der Waals surface area contributed by atoms with E-state index in [1.165, 1.54) is 0 Å². The number of rotatable bonds is 7. The minimum Gasteiger partial charge on any atom is -0.480 e. The van der Waals surface area contributed by atoms with Crippen LogP contribution in [0.25, 0.3) is 0 Å². The highest BCUT2D eigenvalue weighted by atomic mass is 32.2. The molecule has 0 rings (SSSR count). The zero-order valence-corrected chi connectivity index (χ0v) is 10.2. The van der Waals surface area contributed by atoms with Crippen molar-refractivity contribution in [1.29, 1.82) is 0 Å². The Morgan fingerprint density at radius 3 is 1.87 bits per heavy atom. The predicted octanol–water partition coefficient (Wildman–Crippen LogP) is 0.959. The summed E-state index contributed by atoms with van der Waals surface area (Å²) in [5.74, 6) is -2.20. The molecule has 15 heavy (non-hydrogen) atoms. The highest BCUT2D eigenvalue weighted by Gasteiger charge is 2.30. The molecule has 0 amide bonds. The zero-order valence-electron chi connectivity index (χ0n) is 9.41. The van der Waals surface area contributed by atoms with E-state index in [9.17, 15) is 13.2 Å². The first kappa shape index (κ1) is 14.4. The number of aliphatic carboxylic acids is 1. The molecule has 2 N–H and O–H groups in total. The first-order valence-corrected chi connectivity index (χ1v) is 6.69. The van der Waals surface area contributed by atoms with E-state index < -0.39 is 27.3 Å². The number of carbonyl (C=O) groups is 1. The molecule has 0 aliphatic rings. The number of hydrogen-bond acceptors (Lipinski definition) is 3. The maximum Gasteiger partial charge on any atom is 0.320 e. The SMILES string of the molecule is CCC(CC)(CC)NS(=O)(=O)CC(=O)O. The second-order valence-electron chi connectivity index (χ2n) is 3.60. The molecule has 0 aromatic heterocycles. The van der Waals surface area contributed by atoms with Crippen LogP contribution in [0, 0.1) is 0 Å². The highest BCUT2D eigenvalue weighted by Crippen LogP contribution is 2.20. The van der Waals surface area contributed by atoms with Gasteiger partial charge in [0, 0.05) is 5.54 Å². The molecule has 0 spiro atoms. The Kier molecular flexibility index (Phi) is 5.23. The van der Waals surface area contributed by atoms with Crippen LogP contribution in [-0.4, -0.2) is 30.8 Å². The molecule has 0 fully saturated rings. The lowest BCUT2D eigenvalue weighted by molar-refractivity contribution is -0.134. The van der Waals surface area contributed by atoms with E-state index in [1.54, 1.807) is 0 Å². The van der Waals surface area contributed by atoms with Crippen molar-refractivity contribution in [3.05, 3.63) is 0 Å². The van der Waals surface area contributed by atoms with Crippen LogP contribution in [-0.2, 0) is 14.8 Å². The molecule has 0 saturated heterocycles. The van der Waals surface area contributed by atoms with Crippen LogP contribution in [0.2, 0.25) is 0 Å². The van der Waals surface area contributed by atoms with E-state index in [0.717, 1.165) is 0 Å². The average Bonchev–Trinajstić information content (AvgIpc) is 2.12. The Hall–Kier alpha value is -0.620. The molecule has 6 heteroatoms. The standard InChI is InChI=1S/C9H19NO4S/c1-4-9(5-2,6-3)10-15(13,14)7-8(11)12/h10H,4-7H2,1-3H3,(H,11,12). The van der Waals surface area contributed by atoms with Crippen molar-refractivity contribution < 1.29 is 18.3 Å². The van der Waals surface area contributed by atoms with Crippen LogP contribution in [0.15, 0.2) is 0 Å². The minimum absolute atomic E-state index is 0.506. The highest BCUT2D eigenvalue weighted by molar-refractivity contribution is 7.90. The second-order valence-corrected chi connectivity index (χ2v) is 5.32. The lowest BCUT2D eigenvalue weighted by Crippen LogP contribution is -2.48. The molecule has 0 aliphatic heterocycles. The number of carboxylic acids is 1. The van der Waals surface area contributed by atoms with E-state index in [-0.39, 0.29) is 0 Å². The topological polar surface area (TPSA) is 83.5 Å². The molecule has 0 heterocycles. The summed E-state index contributed by atoms with van der Waals surface area (Å²) in [6.07, 6.45) is 1.95. The van der Waals surface area contributed by atoms with Crippen LogP contribution in [0.3, 0.4) is 0 Å². The van der Waals surface area contributed by atoms with E-state index >= 15 is 0 Å².